The third kappa shape index (κ3) is 3.23. The van der Waals surface area contributed by atoms with E-state index in [1.807, 2.05) is 28.8 Å². The number of rotatable bonds is 6. The molecule has 0 spiro atoms. The van der Waals surface area contributed by atoms with E-state index in [0.29, 0.717) is 17.0 Å². The Hall–Kier alpha value is -4.46. The molecule has 0 bridgehead atoms. The number of nitro groups is 1. The first kappa shape index (κ1) is 20.4. The van der Waals surface area contributed by atoms with Crippen LogP contribution >= 0.6 is 0 Å². The summed E-state index contributed by atoms with van der Waals surface area (Å²) in [5.74, 6) is 0.531. The molecule has 2 atom stereocenters. The van der Waals surface area contributed by atoms with Gasteiger partial charge >= 0.3 is 0 Å². The van der Waals surface area contributed by atoms with Crippen LogP contribution in [-0.4, -0.2) is 28.8 Å². The van der Waals surface area contributed by atoms with Gasteiger partial charge in [-0.1, -0.05) is 30.3 Å². The molecular weight excluding hydrogens is 422 g/mol. The van der Waals surface area contributed by atoms with Crippen molar-refractivity contribution in [2.45, 2.75) is 12.1 Å². The molecule has 0 saturated carbocycles. The summed E-state index contributed by atoms with van der Waals surface area (Å²) in [6.45, 7) is 0. The Labute approximate surface area is 188 Å². The van der Waals surface area contributed by atoms with Crippen molar-refractivity contribution in [3.05, 3.63) is 100 Å². The summed E-state index contributed by atoms with van der Waals surface area (Å²) >= 11 is 0. The molecule has 2 heterocycles. The number of fused-ring (bicyclic) bond motifs is 1. The van der Waals surface area contributed by atoms with Crippen molar-refractivity contribution in [2.24, 2.45) is 0 Å². The minimum absolute atomic E-state index is 0.0217. The highest BCUT2D eigenvalue weighted by molar-refractivity contribution is 6.06. The van der Waals surface area contributed by atoms with E-state index in [-0.39, 0.29) is 11.6 Å². The number of β-lactam (4-membered cyclic amide) rings is 1. The average Bonchev–Trinajstić information content (AvgIpc) is 3.21. The summed E-state index contributed by atoms with van der Waals surface area (Å²) in [5.41, 5.74) is 2.70. The predicted molar refractivity (Wildman–Crippen MR) is 123 cm³/mol. The van der Waals surface area contributed by atoms with E-state index in [0.717, 1.165) is 22.8 Å². The predicted octanol–water partition coefficient (Wildman–Crippen LogP) is 4.70. The van der Waals surface area contributed by atoms with E-state index >= 15 is 0 Å². The van der Waals surface area contributed by atoms with Gasteiger partial charge in [-0.3, -0.25) is 19.7 Å². The van der Waals surface area contributed by atoms with Crippen LogP contribution < -0.4 is 9.64 Å². The molecule has 0 radical (unpaired) electrons. The number of carbonyl (C=O) groups is 2. The van der Waals surface area contributed by atoms with Gasteiger partial charge in [-0.05, 0) is 35.9 Å². The fraction of sp³-hybridized carbons (Fsp3) is 0.120. The number of nitrogens with zero attached hydrogens (tertiary/aromatic N) is 3. The number of aldehydes is 1. The highest BCUT2D eigenvalue weighted by atomic mass is 16.6. The summed E-state index contributed by atoms with van der Waals surface area (Å²) in [6.07, 6.45) is 2.48. The lowest BCUT2D eigenvalue weighted by molar-refractivity contribution is -0.384. The maximum absolute atomic E-state index is 13.5. The first-order valence-electron chi connectivity index (χ1n) is 10.3. The molecule has 8 heteroatoms. The molecule has 2 unspecified atom stereocenters. The zero-order valence-corrected chi connectivity index (χ0v) is 17.6. The number of anilines is 1. The molecule has 1 amide bonds. The smallest absolute Gasteiger partial charge is 0.269 e. The van der Waals surface area contributed by atoms with Crippen LogP contribution in [0, 0.1) is 10.1 Å². The number of hydrogen-bond donors (Lipinski definition) is 0. The van der Waals surface area contributed by atoms with Gasteiger partial charge in [-0.25, -0.2) is 0 Å². The molecule has 3 aromatic carbocycles. The standard InChI is InChI=1S/C25H19N3O5/c1-33-20-12-10-18(11-13-20)27-23(16-6-8-19(9-7-16)28(31)32)24(25(27)30)26-14-17(15-29)21-4-2-3-5-22(21)26/h2-15,23-24H,1H3. The summed E-state index contributed by atoms with van der Waals surface area (Å²) in [4.78, 5) is 37.5. The SMILES string of the molecule is COc1ccc(N2C(=O)C(n3cc(C=O)c4ccccc43)C2c2ccc([N+](=O)[O-])cc2)cc1. The first-order valence-corrected chi connectivity index (χ1v) is 10.3. The maximum Gasteiger partial charge on any atom is 0.269 e. The molecule has 164 valence electrons. The molecular formula is C25H19N3O5. The topological polar surface area (TPSA) is 94.7 Å². The Kier molecular flexibility index (Phi) is 4.90. The molecule has 0 aliphatic carbocycles. The summed E-state index contributed by atoms with van der Waals surface area (Å²) in [6, 6.07) is 19.8. The van der Waals surface area contributed by atoms with Gasteiger partial charge < -0.3 is 14.2 Å². The quantitative estimate of drug-likeness (QED) is 0.187. The Morgan fingerprint density at radius 3 is 2.30 bits per heavy atom. The Morgan fingerprint density at radius 1 is 0.970 bits per heavy atom. The van der Waals surface area contributed by atoms with Gasteiger partial charge in [0, 0.05) is 40.5 Å². The second-order valence-corrected chi connectivity index (χ2v) is 7.77. The van der Waals surface area contributed by atoms with Gasteiger partial charge in [0.05, 0.1) is 18.1 Å². The lowest BCUT2D eigenvalue weighted by atomic mass is 9.87. The minimum Gasteiger partial charge on any atom is -0.497 e. The van der Waals surface area contributed by atoms with Crippen molar-refractivity contribution in [2.75, 3.05) is 12.0 Å². The average molecular weight is 441 g/mol. The molecule has 33 heavy (non-hydrogen) atoms. The van der Waals surface area contributed by atoms with E-state index in [4.69, 9.17) is 4.74 Å². The van der Waals surface area contributed by atoms with Crippen LogP contribution in [0.3, 0.4) is 0 Å². The van der Waals surface area contributed by atoms with Crippen LogP contribution in [0.15, 0.2) is 79.0 Å². The molecule has 0 N–H and O–H groups in total. The van der Waals surface area contributed by atoms with Crippen molar-refractivity contribution >= 4 is 34.5 Å². The van der Waals surface area contributed by atoms with Gasteiger partial charge in [0.2, 0.25) is 0 Å². The molecule has 1 fully saturated rings. The summed E-state index contributed by atoms with van der Waals surface area (Å²) in [7, 11) is 1.57. The second-order valence-electron chi connectivity index (χ2n) is 7.77. The third-order valence-electron chi connectivity index (χ3n) is 6.06. The molecule has 1 aliphatic heterocycles. The van der Waals surface area contributed by atoms with E-state index in [1.165, 1.54) is 12.1 Å². The van der Waals surface area contributed by atoms with E-state index in [9.17, 15) is 19.7 Å². The summed E-state index contributed by atoms with van der Waals surface area (Å²) in [5, 5.41) is 11.9. The molecule has 1 aliphatic rings. The number of para-hydroxylation sites is 1. The molecule has 1 saturated heterocycles. The van der Waals surface area contributed by atoms with Crippen LogP contribution in [0.25, 0.3) is 10.9 Å². The van der Waals surface area contributed by atoms with Gasteiger partial charge in [0.15, 0.2) is 6.29 Å². The third-order valence-corrected chi connectivity index (χ3v) is 6.06. The van der Waals surface area contributed by atoms with Crippen molar-refractivity contribution in [1.29, 1.82) is 0 Å². The normalized spacial score (nSPS) is 17.6. The number of nitro benzene ring substituents is 1. The zero-order chi connectivity index (χ0) is 23.1. The number of methoxy groups -OCH3 is 1. The first-order chi connectivity index (χ1) is 16.0. The highest BCUT2D eigenvalue weighted by Crippen LogP contribution is 2.48. The largest absolute Gasteiger partial charge is 0.497 e. The number of hydrogen-bond acceptors (Lipinski definition) is 5. The Bertz CT molecular complexity index is 1380. The van der Waals surface area contributed by atoms with Crippen molar-refractivity contribution in [3.63, 3.8) is 0 Å². The fourth-order valence-electron chi connectivity index (χ4n) is 4.46. The number of aromatic nitrogens is 1. The van der Waals surface area contributed by atoms with Crippen LogP contribution in [-0.2, 0) is 4.79 Å². The van der Waals surface area contributed by atoms with Gasteiger partial charge in [-0.15, -0.1) is 0 Å². The number of benzene rings is 3. The number of amides is 1. The molecule has 8 nitrogen and oxygen atoms in total. The Balaban J connectivity index is 1.63. The van der Waals surface area contributed by atoms with Crippen LogP contribution in [0.4, 0.5) is 11.4 Å². The van der Waals surface area contributed by atoms with Crippen LogP contribution in [0.5, 0.6) is 5.75 Å². The van der Waals surface area contributed by atoms with E-state index < -0.39 is 17.0 Å². The Morgan fingerprint density at radius 2 is 1.67 bits per heavy atom. The van der Waals surface area contributed by atoms with Crippen LogP contribution in [0.1, 0.15) is 28.0 Å². The molecule has 1 aromatic heterocycles. The molecule has 5 rings (SSSR count). The number of carbonyl (C=O) groups excluding carboxylic acids is 2. The van der Waals surface area contributed by atoms with Crippen LogP contribution in [0.2, 0.25) is 0 Å². The van der Waals surface area contributed by atoms with Crippen molar-refractivity contribution < 1.29 is 19.2 Å². The molecule has 4 aromatic rings. The fourth-order valence-corrected chi connectivity index (χ4v) is 4.46. The van der Waals surface area contributed by atoms with Gasteiger partial charge in [-0.2, -0.15) is 0 Å². The van der Waals surface area contributed by atoms with Crippen molar-refractivity contribution in [1.82, 2.24) is 4.57 Å². The second kappa shape index (κ2) is 7.90. The number of non-ortho nitro benzene ring substituents is 1. The lowest BCUT2D eigenvalue weighted by Crippen LogP contribution is -2.55. The van der Waals surface area contributed by atoms with Gasteiger partial charge in [0.1, 0.15) is 11.8 Å². The highest BCUT2D eigenvalue weighted by Gasteiger charge is 2.50. The number of ether oxygens (including phenoxy) is 1. The van der Waals surface area contributed by atoms with Gasteiger partial charge in [0.25, 0.3) is 11.6 Å². The van der Waals surface area contributed by atoms with Crippen molar-refractivity contribution in [3.8, 4) is 5.75 Å². The zero-order valence-electron chi connectivity index (χ0n) is 17.6. The monoisotopic (exact) mass is 441 g/mol. The lowest BCUT2D eigenvalue weighted by Gasteiger charge is -2.48. The minimum atomic E-state index is -0.604. The summed E-state index contributed by atoms with van der Waals surface area (Å²) < 4.78 is 7.05. The van der Waals surface area contributed by atoms with E-state index in [2.05, 4.69) is 0 Å². The maximum atomic E-state index is 13.5. The van der Waals surface area contributed by atoms with E-state index in [1.54, 1.807) is 54.6 Å².